The molecule has 0 unspecified atom stereocenters. The van der Waals surface area contributed by atoms with E-state index in [1.54, 1.807) is 19.4 Å². The molecule has 0 fully saturated rings. The summed E-state index contributed by atoms with van der Waals surface area (Å²) in [5, 5.41) is 4.17. The maximum absolute atomic E-state index is 11.9. The van der Waals surface area contributed by atoms with Crippen molar-refractivity contribution in [3.63, 3.8) is 0 Å². The van der Waals surface area contributed by atoms with E-state index in [0.29, 0.717) is 23.9 Å². The molecular formula is C18H23N3O3. The first-order valence-electron chi connectivity index (χ1n) is 7.89. The summed E-state index contributed by atoms with van der Waals surface area (Å²) in [4.78, 5) is 11.9. The molecule has 2 rings (SSSR count). The Hall–Kier alpha value is -2.76. The van der Waals surface area contributed by atoms with Gasteiger partial charge in [0.15, 0.2) is 11.5 Å². The van der Waals surface area contributed by atoms with Gasteiger partial charge in [0.25, 0.3) is 5.56 Å². The van der Waals surface area contributed by atoms with Crippen LogP contribution in [0.25, 0.3) is 0 Å². The Labute approximate surface area is 141 Å². The SMILES string of the molecule is CCCCOc1cc(/C=N\n2c(N)cc(C)cc2=O)ccc1OC. The predicted octanol–water partition coefficient (Wildman–Crippen LogP) is 2.81. The maximum atomic E-state index is 11.9. The number of methoxy groups -OCH3 is 1. The number of ether oxygens (including phenoxy) is 2. The van der Waals surface area contributed by atoms with Crippen molar-refractivity contribution in [1.29, 1.82) is 0 Å². The van der Waals surface area contributed by atoms with Crippen LogP contribution in [0, 0.1) is 6.92 Å². The fourth-order valence-corrected chi connectivity index (χ4v) is 2.18. The highest BCUT2D eigenvalue weighted by Gasteiger charge is 2.05. The second-order valence-electron chi connectivity index (χ2n) is 5.46. The zero-order chi connectivity index (χ0) is 17.5. The summed E-state index contributed by atoms with van der Waals surface area (Å²) in [6, 6.07) is 8.66. The standard InChI is InChI=1S/C18H23N3O3/c1-4-5-8-24-16-11-14(6-7-15(16)23-3)12-20-21-17(19)9-13(2)10-18(21)22/h6-7,9-12H,4-5,8,19H2,1-3H3/b20-12-. The van der Waals surface area contributed by atoms with Crippen LogP contribution in [0.2, 0.25) is 0 Å². The largest absolute Gasteiger partial charge is 0.493 e. The Morgan fingerprint density at radius 2 is 2.04 bits per heavy atom. The molecule has 6 heteroatoms. The maximum Gasteiger partial charge on any atom is 0.273 e. The number of nitrogens with zero attached hydrogens (tertiary/aromatic N) is 2. The number of hydrogen-bond donors (Lipinski definition) is 1. The third kappa shape index (κ3) is 4.38. The van der Waals surface area contributed by atoms with Crippen molar-refractivity contribution in [2.45, 2.75) is 26.7 Å². The Bertz CT molecular complexity index is 782. The van der Waals surface area contributed by atoms with Gasteiger partial charge in [-0.25, -0.2) is 0 Å². The van der Waals surface area contributed by atoms with Gasteiger partial charge in [-0.1, -0.05) is 13.3 Å². The first kappa shape index (κ1) is 17.6. The number of rotatable bonds is 7. The number of nitrogen functional groups attached to an aromatic ring is 1. The zero-order valence-electron chi connectivity index (χ0n) is 14.3. The second-order valence-corrected chi connectivity index (χ2v) is 5.46. The van der Waals surface area contributed by atoms with Gasteiger partial charge >= 0.3 is 0 Å². The Kier molecular flexibility index (Phi) is 6.01. The van der Waals surface area contributed by atoms with Crippen LogP contribution < -0.4 is 20.8 Å². The fourth-order valence-electron chi connectivity index (χ4n) is 2.18. The first-order valence-corrected chi connectivity index (χ1v) is 7.89. The quantitative estimate of drug-likeness (QED) is 0.626. The van der Waals surface area contributed by atoms with Crippen molar-refractivity contribution in [3.8, 4) is 11.5 Å². The van der Waals surface area contributed by atoms with E-state index in [9.17, 15) is 4.79 Å². The van der Waals surface area contributed by atoms with Crippen molar-refractivity contribution < 1.29 is 9.47 Å². The first-order chi connectivity index (χ1) is 11.5. The Morgan fingerprint density at radius 1 is 1.25 bits per heavy atom. The summed E-state index contributed by atoms with van der Waals surface area (Å²) in [7, 11) is 1.60. The minimum Gasteiger partial charge on any atom is -0.493 e. The van der Waals surface area contributed by atoms with Crippen molar-refractivity contribution in [3.05, 3.63) is 51.8 Å². The van der Waals surface area contributed by atoms with Gasteiger partial charge in [0.1, 0.15) is 5.82 Å². The van der Waals surface area contributed by atoms with Crippen LogP contribution in [0.1, 0.15) is 30.9 Å². The molecule has 0 atom stereocenters. The van der Waals surface area contributed by atoms with E-state index in [4.69, 9.17) is 15.2 Å². The molecule has 1 aromatic heterocycles. The number of pyridine rings is 1. The van der Waals surface area contributed by atoms with E-state index >= 15 is 0 Å². The molecule has 6 nitrogen and oxygen atoms in total. The van der Waals surface area contributed by atoms with Crippen molar-refractivity contribution >= 4 is 12.0 Å². The van der Waals surface area contributed by atoms with Crippen molar-refractivity contribution in [2.24, 2.45) is 5.10 Å². The van der Waals surface area contributed by atoms with Crippen LogP contribution in [0.3, 0.4) is 0 Å². The second kappa shape index (κ2) is 8.19. The summed E-state index contributed by atoms with van der Waals surface area (Å²) in [6.07, 6.45) is 3.59. The van der Waals surface area contributed by atoms with Crippen LogP contribution in [0.5, 0.6) is 11.5 Å². The Balaban J connectivity index is 2.26. The summed E-state index contributed by atoms with van der Waals surface area (Å²) in [5.41, 5.74) is 7.17. The van der Waals surface area contributed by atoms with Gasteiger partial charge in [0, 0.05) is 6.07 Å². The van der Waals surface area contributed by atoms with Crippen LogP contribution in [-0.4, -0.2) is 24.6 Å². The number of hydrogen-bond acceptors (Lipinski definition) is 5. The van der Waals surface area contributed by atoms with Crippen molar-refractivity contribution in [2.75, 3.05) is 19.5 Å². The van der Waals surface area contributed by atoms with Crippen LogP contribution in [-0.2, 0) is 0 Å². The minimum absolute atomic E-state index is 0.267. The number of unbranched alkanes of at least 4 members (excludes halogenated alkanes) is 1. The van der Waals surface area contributed by atoms with E-state index in [-0.39, 0.29) is 5.56 Å². The number of benzene rings is 1. The molecule has 0 amide bonds. The molecule has 0 aliphatic heterocycles. The molecule has 0 bridgehead atoms. The van der Waals surface area contributed by atoms with Gasteiger partial charge in [0.05, 0.1) is 19.9 Å². The molecular weight excluding hydrogens is 306 g/mol. The molecule has 1 aromatic carbocycles. The average molecular weight is 329 g/mol. The molecule has 128 valence electrons. The summed E-state index contributed by atoms with van der Waals surface area (Å²) >= 11 is 0. The third-order valence-electron chi connectivity index (χ3n) is 3.45. The third-order valence-corrected chi connectivity index (χ3v) is 3.45. The highest BCUT2D eigenvalue weighted by molar-refractivity contribution is 5.81. The lowest BCUT2D eigenvalue weighted by Gasteiger charge is -2.11. The average Bonchev–Trinajstić information content (AvgIpc) is 2.54. The molecule has 24 heavy (non-hydrogen) atoms. The molecule has 0 saturated carbocycles. The fraction of sp³-hybridized carbons (Fsp3) is 0.333. The van der Waals surface area contributed by atoms with Gasteiger partial charge in [-0.3, -0.25) is 4.79 Å². The molecule has 0 aliphatic rings. The summed E-state index contributed by atoms with van der Waals surface area (Å²) in [5.74, 6) is 1.61. The molecule has 0 spiro atoms. The van der Waals surface area contributed by atoms with Gasteiger partial charge in [-0.05, 0) is 48.7 Å². The lowest BCUT2D eigenvalue weighted by molar-refractivity contribution is 0.288. The zero-order valence-corrected chi connectivity index (χ0v) is 14.3. The van der Waals surface area contributed by atoms with Gasteiger partial charge < -0.3 is 15.2 Å². The van der Waals surface area contributed by atoms with E-state index < -0.39 is 0 Å². The lowest BCUT2D eigenvalue weighted by atomic mass is 10.2. The normalized spacial score (nSPS) is 11.0. The van der Waals surface area contributed by atoms with E-state index in [1.807, 2.05) is 25.1 Å². The van der Waals surface area contributed by atoms with Gasteiger partial charge in [-0.2, -0.15) is 9.78 Å². The van der Waals surface area contributed by atoms with Crippen LogP contribution in [0.4, 0.5) is 5.82 Å². The van der Waals surface area contributed by atoms with E-state index in [2.05, 4.69) is 12.0 Å². The molecule has 0 radical (unpaired) electrons. The number of nitrogens with two attached hydrogens (primary N) is 1. The van der Waals surface area contributed by atoms with Gasteiger partial charge in [0.2, 0.25) is 0 Å². The number of aryl methyl sites for hydroxylation is 1. The Morgan fingerprint density at radius 3 is 2.71 bits per heavy atom. The smallest absolute Gasteiger partial charge is 0.273 e. The number of aromatic nitrogens is 1. The van der Waals surface area contributed by atoms with Crippen LogP contribution in [0.15, 0.2) is 40.2 Å². The topological polar surface area (TPSA) is 78.8 Å². The molecule has 0 saturated heterocycles. The predicted molar refractivity (Wildman–Crippen MR) is 96.2 cm³/mol. The minimum atomic E-state index is -0.267. The molecule has 0 aliphatic carbocycles. The highest BCUT2D eigenvalue weighted by atomic mass is 16.5. The molecule has 2 aromatic rings. The van der Waals surface area contributed by atoms with E-state index in [1.165, 1.54) is 6.07 Å². The number of anilines is 1. The lowest BCUT2D eigenvalue weighted by Crippen LogP contribution is -2.19. The van der Waals surface area contributed by atoms with Crippen molar-refractivity contribution in [1.82, 2.24) is 4.68 Å². The highest BCUT2D eigenvalue weighted by Crippen LogP contribution is 2.27. The molecule has 1 heterocycles. The molecule has 2 N–H and O–H groups in total. The summed E-state index contributed by atoms with van der Waals surface area (Å²) in [6.45, 7) is 4.54. The van der Waals surface area contributed by atoms with E-state index in [0.717, 1.165) is 28.6 Å². The monoisotopic (exact) mass is 329 g/mol. The van der Waals surface area contributed by atoms with Gasteiger partial charge in [-0.15, -0.1) is 0 Å². The van der Waals surface area contributed by atoms with Crippen LogP contribution >= 0.6 is 0 Å². The summed E-state index contributed by atoms with van der Waals surface area (Å²) < 4.78 is 12.2.